The molecule has 0 saturated heterocycles. The summed E-state index contributed by atoms with van der Waals surface area (Å²) in [6, 6.07) is 7.87. The van der Waals surface area contributed by atoms with Gasteiger partial charge in [0.1, 0.15) is 5.75 Å². The number of nitrogen functional groups attached to an aromatic ring is 1. The number of hydrogen-bond acceptors (Lipinski definition) is 3. The Balaban J connectivity index is 1.98. The van der Waals surface area contributed by atoms with Crippen molar-refractivity contribution >= 4 is 5.69 Å². The molecule has 1 aliphatic rings. The van der Waals surface area contributed by atoms with Crippen LogP contribution in [0.3, 0.4) is 0 Å². The average molecular weight is 216 g/mol. The van der Waals surface area contributed by atoms with Gasteiger partial charge in [-0.15, -0.1) is 0 Å². The summed E-state index contributed by atoms with van der Waals surface area (Å²) in [5, 5.41) is 8.71. The first kappa shape index (κ1) is 10.8. The van der Waals surface area contributed by atoms with Crippen molar-refractivity contribution in [2.75, 3.05) is 12.3 Å². The number of anilines is 1. The predicted octanol–water partition coefficient (Wildman–Crippen LogP) is 2.65. The van der Waals surface area contributed by atoms with Crippen LogP contribution in [0.1, 0.15) is 24.8 Å². The SMILES string of the molecule is Cc1cc(N)ccc1OCC1(CC#N)CC1. The van der Waals surface area contributed by atoms with Gasteiger partial charge in [-0.3, -0.25) is 0 Å². The van der Waals surface area contributed by atoms with E-state index in [0.717, 1.165) is 29.8 Å². The monoisotopic (exact) mass is 216 g/mol. The summed E-state index contributed by atoms with van der Waals surface area (Å²) in [7, 11) is 0. The second kappa shape index (κ2) is 4.05. The Morgan fingerprint density at radius 2 is 2.25 bits per heavy atom. The fourth-order valence-electron chi connectivity index (χ4n) is 1.78. The third kappa shape index (κ3) is 2.27. The summed E-state index contributed by atoms with van der Waals surface area (Å²) in [5.41, 5.74) is 7.60. The van der Waals surface area contributed by atoms with Crippen LogP contribution in [0.15, 0.2) is 18.2 Å². The van der Waals surface area contributed by atoms with Crippen molar-refractivity contribution in [2.45, 2.75) is 26.2 Å². The van der Waals surface area contributed by atoms with E-state index in [4.69, 9.17) is 15.7 Å². The Hall–Kier alpha value is -1.69. The van der Waals surface area contributed by atoms with Gasteiger partial charge in [-0.1, -0.05) is 0 Å². The van der Waals surface area contributed by atoms with Crippen LogP contribution in [0.4, 0.5) is 5.69 Å². The van der Waals surface area contributed by atoms with E-state index in [1.54, 1.807) is 0 Å². The van der Waals surface area contributed by atoms with Crippen LogP contribution in [0, 0.1) is 23.7 Å². The summed E-state index contributed by atoms with van der Waals surface area (Å²) in [6.45, 7) is 2.63. The summed E-state index contributed by atoms with van der Waals surface area (Å²) in [4.78, 5) is 0. The largest absolute Gasteiger partial charge is 0.493 e. The number of hydrogen-bond donors (Lipinski definition) is 1. The predicted molar refractivity (Wildman–Crippen MR) is 63.0 cm³/mol. The van der Waals surface area contributed by atoms with Gasteiger partial charge in [0.15, 0.2) is 0 Å². The third-order valence-corrected chi connectivity index (χ3v) is 3.14. The Labute approximate surface area is 95.8 Å². The number of nitriles is 1. The summed E-state index contributed by atoms with van der Waals surface area (Å²) in [5.74, 6) is 0.874. The zero-order valence-corrected chi connectivity index (χ0v) is 9.49. The lowest BCUT2D eigenvalue weighted by Crippen LogP contribution is -2.12. The highest BCUT2D eigenvalue weighted by Crippen LogP contribution is 2.48. The van der Waals surface area contributed by atoms with Gasteiger partial charge < -0.3 is 10.5 Å². The van der Waals surface area contributed by atoms with E-state index >= 15 is 0 Å². The average Bonchev–Trinajstić information content (AvgIpc) is 2.98. The zero-order chi connectivity index (χ0) is 11.6. The molecule has 0 radical (unpaired) electrons. The molecule has 0 unspecified atom stereocenters. The lowest BCUT2D eigenvalue weighted by Gasteiger charge is -2.14. The molecule has 2 rings (SSSR count). The first-order valence-electron chi connectivity index (χ1n) is 5.51. The first-order valence-corrected chi connectivity index (χ1v) is 5.51. The fourth-order valence-corrected chi connectivity index (χ4v) is 1.78. The maximum absolute atomic E-state index is 8.71. The van der Waals surface area contributed by atoms with Crippen molar-refractivity contribution in [1.29, 1.82) is 5.26 Å². The molecule has 1 aromatic rings. The number of benzene rings is 1. The third-order valence-electron chi connectivity index (χ3n) is 3.14. The Kier molecular flexibility index (Phi) is 2.74. The highest BCUT2D eigenvalue weighted by molar-refractivity contribution is 5.47. The molecule has 1 aromatic carbocycles. The fraction of sp³-hybridized carbons (Fsp3) is 0.462. The Morgan fingerprint density at radius 3 is 2.81 bits per heavy atom. The lowest BCUT2D eigenvalue weighted by molar-refractivity contribution is 0.235. The topological polar surface area (TPSA) is 59.0 Å². The standard InChI is InChI=1S/C13H16N2O/c1-10-8-11(15)2-3-12(10)16-9-13(4-5-13)6-7-14/h2-3,8H,4-6,9,15H2,1H3. The molecule has 1 saturated carbocycles. The second-order valence-electron chi connectivity index (χ2n) is 4.65. The van der Waals surface area contributed by atoms with Crippen molar-refractivity contribution in [3.05, 3.63) is 23.8 Å². The maximum atomic E-state index is 8.71. The zero-order valence-electron chi connectivity index (χ0n) is 9.49. The van der Waals surface area contributed by atoms with Crippen molar-refractivity contribution in [1.82, 2.24) is 0 Å². The lowest BCUT2D eigenvalue weighted by atomic mass is 10.1. The molecule has 0 aliphatic heterocycles. The molecular weight excluding hydrogens is 200 g/mol. The highest BCUT2D eigenvalue weighted by atomic mass is 16.5. The second-order valence-corrected chi connectivity index (χ2v) is 4.65. The van der Waals surface area contributed by atoms with Crippen molar-refractivity contribution in [3.63, 3.8) is 0 Å². The highest BCUT2D eigenvalue weighted by Gasteiger charge is 2.43. The van der Waals surface area contributed by atoms with Crippen LogP contribution in [0.5, 0.6) is 5.75 Å². The Morgan fingerprint density at radius 1 is 1.50 bits per heavy atom. The van der Waals surface area contributed by atoms with Gasteiger partial charge >= 0.3 is 0 Å². The number of aryl methyl sites for hydroxylation is 1. The number of ether oxygens (including phenoxy) is 1. The minimum atomic E-state index is 0.128. The molecular formula is C13H16N2O. The van der Waals surface area contributed by atoms with Gasteiger partial charge in [0.25, 0.3) is 0 Å². The van der Waals surface area contributed by atoms with Crippen LogP contribution < -0.4 is 10.5 Å². The van der Waals surface area contributed by atoms with Crippen LogP contribution >= 0.6 is 0 Å². The Bertz CT molecular complexity index is 430. The molecule has 1 aliphatic carbocycles. The number of nitrogens with zero attached hydrogens (tertiary/aromatic N) is 1. The van der Waals surface area contributed by atoms with Gasteiger partial charge in [-0.05, 0) is 43.5 Å². The molecule has 0 bridgehead atoms. The van der Waals surface area contributed by atoms with E-state index in [1.165, 1.54) is 0 Å². The normalized spacial score (nSPS) is 16.5. The smallest absolute Gasteiger partial charge is 0.122 e. The van der Waals surface area contributed by atoms with Crippen LogP contribution in [-0.2, 0) is 0 Å². The van der Waals surface area contributed by atoms with Crippen molar-refractivity contribution in [3.8, 4) is 11.8 Å². The molecule has 1 fully saturated rings. The molecule has 0 atom stereocenters. The van der Waals surface area contributed by atoms with Gasteiger partial charge in [0.05, 0.1) is 12.7 Å². The van der Waals surface area contributed by atoms with Gasteiger partial charge in [-0.25, -0.2) is 0 Å². The quantitative estimate of drug-likeness (QED) is 0.787. The van der Waals surface area contributed by atoms with Crippen molar-refractivity contribution in [2.24, 2.45) is 5.41 Å². The molecule has 3 nitrogen and oxygen atoms in total. The maximum Gasteiger partial charge on any atom is 0.122 e. The molecule has 84 valence electrons. The van der Waals surface area contributed by atoms with Crippen LogP contribution in [-0.4, -0.2) is 6.61 Å². The minimum Gasteiger partial charge on any atom is -0.493 e. The van der Waals surface area contributed by atoms with E-state index in [-0.39, 0.29) is 5.41 Å². The summed E-state index contributed by atoms with van der Waals surface area (Å²) in [6.07, 6.45) is 2.81. The van der Waals surface area contributed by atoms with Crippen LogP contribution in [0.25, 0.3) is 0 Å². The molecule has 0 spiro atoms. The van der Waals surface area contributed by atoms with E-state index < -0.39 is 0 Å². The molecule has 0 aromatic heterocycles. The van der Waals surface area contributed by atoms with Crippen molar-refractivity contribution < 1.29 is 4.74 Å². The van der Waals surface area contributed by atoms with E-state index in [0.29, 0.717) is 13.0 Å². The number of nitrogens with two attached hydrogens (primary N) is 1. The molecule has 2 N–H and O–H groups in total. The molecule has 16 heavy (non-hydrogen) atoms. The minimum absolute atomic E-state index is 0.128. The van der Waals surface area contributed by atoms with E-state index in [1.807, 2.05) is 25.1 Å². The van der Waals surface area contributed by atoms with Gasteiger partial charge in [0, 0.05) is 17.5 Å². The summed E-state index contributed by atoms with van der Waals surface area (Å²) >= 11 is 0. The van der Waals surface area contributed by atoms with Gasteiger partial charge in [0.2, 0.25) is 0 Å². The van der Waals surface area contributed by atoms with Gasteiger partial charge in [-0.2, -0.15) is 5.26 Å². The molecule has 0 amide bonds. The molecule has 0 heterocycles. The first-order chi connectivity index (χ1) is 7.65. The molecule has 3 heteroatoms. The van der Waals surface area contributed by atoms with E-state index in [9.17, 15) is 0 Å². The summed E-state index contributed by atoms with van der Waals surface area (Å²) < 4.78 is 5.76. The van der Waals surface area contributed by atoms with Crippen LogP contribution in [0.2, 0.25) is 0 Å². The number of rotatable bonds is 4. The van der Waals surface area contributed by atoms with E-state index in [2.05, 4.69) is 6.07 Å².